The van der Waals surface area contributed by atoms with Crippen molar-refractivity contribution in [2.75, 3.05) is 21.3 Å². The van der Waals surface area contributed by atoms with Crippen molar-refractivity contribution in [2.24, 2.45) is 5.10 Å². The maximum atomic E-state index is 10.5. The molecule has 0 fully saturated rings. The minimum Gasteiger partial charge on any atom is -0.507 e. The maximum absolute atomic E-state index is 10.5. The summed E-state index contributed by atoms with van der Waals surface area (Å²) in [5, 5.41) is 17.8. The minimum atomic E-state index is -0.544. The number of halogens is 1. The predicted molar refractivity (Wildman–Crippen MR) is 125 cm³/mol. The molecular formula is C25H23ClN2O5. The van der Waals surface area contributed by atoms with Gasteiger partial charge < -0.3 is 24.1 Å². The Kier molecular flexibility index (Phi) is 5.42. The van der Waals surface area contributed by atoms with Crippen molar-refractivity contribution >= 4 is 17.3 Å². The summed E-state index contributed by atoms with van der Waals surface area (Å²) in [6.07, 6.45) is 0.0266. The first-order chi connectivity index (χ1) is 16.0. The van der Waals surface area contributed by atoms with Crippen LogP contribution >= 0.6 is 11.6 Å². The molecule has 5 rings (SSSR count). The molecule has 3 aromatic rings. The number of methoxy groups -OCH3 is 3. The number of fused-ring (bicyclic) bond motifs is 3. The molecule has 3 aromatic carbocycles. The van der Waals surface area contributed by atoms with Gasteiger partial charge in [-0.1, -0.05) is 23.7 Å². The van der Waals surface area contributed by atoms with Crippen LogP contribution in [0.5, 0.6) is 28.7 Å². The number of ether oxygens (including phenoxy) is 4. The summed E-state index contributed by atoms with van der Waals surface area (Å²) in [5.74, 6) is 2.68. The Hall–Kier alpha value is -3.58. The van der Waals surface area contributed by atoms with Gasteiger partial charge in [-0.2, -0.15) is 5.10 Å². The molecule has 2 heterocycles. The van der Waals surface area contributed by atoms with E-state index in [-0.39, 0.29) is 11.8 Å². The lowest BCUT2D eigenvalue weighted by Crippen LogP contribution is -2.33. The van der Waals surface area contributed by atoms with Crippen LogP contribution < -0.4 is 18.9 Å². The summed E-state index contributed by atoms with van der Waals surface area (Å²) in [5.41, 5.74) is 3.14. The Bertz CT molecular complexity index is 1250. The van der Waals surface area contributed by atoms with Crippen molar-refractivity contribution in [1.29, 1.82) is 0 Å². The normalized spacial score (nSPS) is 18.7. The van der Waals surface area contributed by atoms with Gasteiger partial charge in [-0.3, -0.25) is 0 Å². The van der Waals surface area contributed by atoms with Crippen LogP contribution in [0.25, 0.3) is 0 Å². The second-order valence-electron chi connectivity index (χ2n) is 7.77. The summed E-state index contributed by atoms with van der Waals surface area (Å²) < 4.78 is 23.0. The van der Waals surface area contributed by atoms with E-state index in [0.717, 1.165) is 16.8 Å². The molecule has 0 bridgehead atoms. The molecule has 170 valence electrons. The Labute approximate surface area is 196 Å². The van der Waals surface area contributed by atoms with Gasteiger partial charge in [0.05, 0.1) is 33.1 Å². The largest absolute Gasteiger partial charge is 0.507 e. The Balaban J connectivity index is 1.64. The molecule has 0 saturated heterocycles. The lowest BCUT2D eigenvalue weighted by Gasteiger charge is -2.38. The van der Waals surface area contributed by atoms with Crippen LogP contribution in [0.4, 0.5) is 0 Å². The van der Waals surface area contributed by atoms with E-state index in [1.165, 1.54) is 0 Å². The van der Waals surface area contributed by atoms with E-state index in [4.69, 9.17) is 35.6 Å². The third-order valence-corrected chi connectivity index (χ3v) is 6.20. The van der Waals surface area contributed by atoms with Gasteiger partial charge in [0.2, 0.25) is 6.23 Å². The quantitative estimate of drug-likeness (QED) is 0.549. The zero-order valence-corrected chi connectivity index (χ0v) is 19.2. The van der Waals surface area contributed by atoms with Gasteiger partial charge >= 0.3 is 0 Å². The minimum absolute atomic E-state index is 0.115. The van der Waals surface area contributed by atoms with Gasteiger partial charge in [-0.05, 0) is 42.5 Å². The summed E-state index contributed by atoms with van der Waals surface area (Å²) in [6, 6.07) is 16.3. The van der Waals surface area contributed by atoms with Gasteiger partial charge in [0, 0.05) is 28.1 Å². The van der Waals surface area contributed by atoms with Crippen LogP contribution in [-0.4, -0.2) is 37.2 Å². The average Bonchev–Trinajstić information content (AvgIpc) is 3.29. The van der Waals surface area contributed by atoms with Gasteiger partial charge in [-0.25, -0.2) is 5.01 Å². The summed E-state index contributed by atoms with van der Waals surface area (Å²) in [7, 11) is 4.82. The maximum Gasteiger partial charge on any atom is 0.214 e. The van der Waals surface area contributed by atoms with E-state index in [0.29, 0.717) is 40.0 Å². The van der Waals surface area contributed by atoms with E-state index < -0.39 is 6.23 Å². The number of hydrogen-bond acceptors (Lipinski definition) is 7. The smallest absolute Gasteiger partial charge is 0.214 e. The lowest BCUT2D eigenvalue weighted by atomic mass is 9.95. The molecule has 0 spiro atoms. The highest BCUT2D eigenvalue weighted by atomic mass is 35.5. The van der Waals surface area contributed by atoms with E-state index in [1.807, 2.05) is 41.4 Å². The van der Waals surface area contributed by atoms with E-state index in [1.54, 1.807) is 39.5 Å². The van der Waals surface area contributed by atoms with Crippen molar-refractivity contribution in [1.82, 2.24) is 5.01 Å². The standard InChI is InChI=1S/C25H23ClN2O5/c1-30-21-10-7-14(11-23(21)32-3)25-28-19(16-5-4-6-22(31-2)24(16)33-25)13-18(27-28)17-12-15(26)8-9-20(17)29/h4-12,19,25,29H,13H2,1-3H3/t19-,25+/m0/s1. The molecular weight excluding hydrogens is 444 g/mol. The van der Waals surface area contributed by atoms with Gasteiger partial charge in [-0.15, -0.1) is 0 Å². The summed E-state index contributed by atoms with van der Waals surface area (Å²) in [4.78, 5) is 0. The Morgan fingerprint density at radius 1 is 0.970 bits per heavy atom. The molecule has 1 N–H and O–H groups in total. The number of para-hydroxylation sites is 1. The fourth-order valence-corrected chi connectivity index (χ4v) is 4.55. The second kappa shape index (κ2) is 8.41. The molecule has 0 unspecified atom stereocenters. The second-order valence-corrected chi connectivity index (χ2v) is 8.21. The molecule has 2 atom stereocenters. The fourth-order valence-electron chi connectivity index (χ4n) is 4.37. The zero-order valence-electron chi connectivity index (χ0n) is 18.4. The van der Waals surface area contributed by atoms with Gasteiger partial charge in [0.25, 0.3) is 0 Å². The highest BCUT2D eigenvalue weighted by molar-refractivity contribution is 6.31. The van der Waals surface area contributed by atoms with E-state index >= 15 is 0 Å². The van der Waals surface area contributed by atoms with Crippen LogP contribution in [0.1, 0.15) is 35.4 Å². The molecule has 0 aromatic heterocycles. The van der Waals surface area contributed by atoms with E-state index in [2.05, 4.69) is 0 Å². The van der Waals surface area contributed by atoms with Crippen LogP contribution in [0.3, 0.4) is 0 Å². The van der Waals surface area contributed by atoms with Crippen molar-refractivity contribution in [3.8, 4) is 28.7 Å². The number of hydrazone groups is 1. The number of aromatic hydroxyl groups is 1. The topological polar surface area (TPSA) is 72.8 Å². The van der Waals surface area contributed by atoms with Crippen molar-refractivity contribution < 1.29 is 24.1 Å². The van der Waals surface area contributed by atoms with E-state index in [9.17, 15) is 5.11 Å². The van der Waals surface area contributed by atoms with Crippen molar-refractivity contribution in [2.45, 2.75) is 18.7 Å². The number of rotatable bonds is 5. The first kappa shape index (κ1) is 21.3. The first-order valence-electron chi connectivity index (χ1n) is 10.4. The zero-order chi connectivity index (χ0) is 23.1. The average molecular weight is 467 g/mol. The molecule has 2 aliphatic heterocycles. The molecule has 7 nitrogen and oxygen atoms in total. The molecule has 0 radical (unpaired) electrons. The van der Waals surface area contributed by atoms with Crippen molar-refractivity contribution in [3.63, 3.8) is 0 Å². The number of nitrogens with zero attached hydrogens (tertiary/aromatic N) is 2. The number of phenolic OH excluding ortho intramolecular Hbond substituents is 1. The molecule has 0 aliphatic carbocycles. The first-order valence-corrected chi connectivity index (χ1v) is 10.8. The third-order valence-electron chi connectivity index (χ3n) is 5.96. The van der Waals surface area contributed by atoms with Crippen molar-refractivity contribution in [3.05, 3.63) is 76.3 Å². The molecule has 0 amide bonds. The summed E-state index contributed by atoms with van der Waals surface area (Å²) in [6.45, 7) is 0. The highest BCUT2D eigenvalue weighted by Gasteiger charge is 2.42. The predicted octanol–water partition coefficient (Wildman–Crippen LogP) is 5.31. The Morgan fingerprint density at radius 3 is 2.52 bits per heavy atom. The monoisotopic (exact) mass is 466 g/mol. The number of benzene rings is 3. The summed E-state index contributed by atoms with van der Waals surface area (Å²) >= 11 is 6.21. The van der Waals surface area contributed by atoms with Crippen LogP contribution in [0.15, 0.2) is 59.7 Å². The molecule has 2 aliphatic rings. The fraction of sp³-hybridized carbons (Fsp3) is 0.240. The SMILES string of the molecule is COc1ccc([C@H]2Oc3c(OC)cccc3[C@@H]3CC(c4cc(Cl)ccc4O)=NN23)cc1OC. The molecule has 8 heteroatoms. The lowest BCUT2D eigenvalue weighted by molar-refractivity contribution is -0.0210. The third kappa shape index (κ3) is 3.58. The Morgan fingerprint density at radius 2 is 1.76 bits per heavy atom. The van der Waals surface area contributed by atoms with Gasteiger partial charge in [0.15, 0.2) is 23.0 Å². The molecule has 0 saturated carbocycles. The van der Waals surface area contributed by atoms with Crippen LogP contribution in [0.2, 0.25) is 5.02 Å². The van der Waals surface area contributed by atoms with Crippen LogP contribution in [-0.2, 0) is 0 Å². The van der Waals surface area contributed by atoms with Gasteiger partial charge in [0.1, 0.15) is 5.75 Å². The number of hydrogen-bond donors (Lipinski definition) is 1. The highest BCUT2D eigenvalue weighted by Crippen LogP contribution is 2.51. The number of phenols is 1. The van der Waals surface area contributed by atoms with Crippen LogP contribution in [0, 0.1) is 0 Å². The molecule has 33 heavy (non-hydrogen) atoms.